The molecule has 2 saturated heterocycles. The average molecular weight is 255 g/mol. The third-order valence-corrected chi connectivity index (χ3v) is 3.24. The van der Waals surface area contributed by atoms with E-state index in [1.165, 1.54) is 9.80 Å². The van der Waals surface area contributed by atoms with Crippen molar-refractivity contribution in [2.24, 2.45) is 0 Å². The minimum Gasteiger partial charge on any atom is -0.391 e. The van der Waals surface area contributed by atoms with E-state index in [9.17, 15) is 19.5 Å². The van der Waals surface area contributed by atoms with Crippen molar-refractivity contribution in [3.05, 3.63) is 0 Å². The van der Waals surface area contributed by atoms with Crippen molar-refractivity contribution < 1.29 is 19.5 Å². The first-order chi connectivity index (χ1) is 8.29. The molecule has 2 aliphatic rings. The van der Waals surface area contributed by atoms with Crippen molar-refractivity contribution in [1.82, 2.24) is 15.1 Å². The minimum absolute atomic E-state index is 0.0103. The Kier molecular flexibility index (Phi) is 3.02. The number of amides is 3. The van der Waals surface area contributed by atoms with Gasteiger partial charge in [-0.15, -0.1) is 0 Å². The molecule has 1 atom stereocenters. The van der Waals surface area contributed by atoms with Crippen molar-refractivity contribution in [2.75, 3.05) is 19.6 Å². The molecule has 2 N–H and O–H groups in total. The van der Waals surface area contributed by atoms with E-state index in [2.05, 4.69) is 5.32 Å². The van der Waals surface area contributed by atoms with Crippen LogP contribution in [0, 0.1) is 0 Å². The lowest BCUT2D eigenvalue weighted by molar-refractivity contribution is -0.141. The Labute approximate surface area is 105 Å². The zero-order chi connectivity index (χ0) is 13.5. The second-order valence-corrected chi connectivity index (χ2v) is 5.22. The molecule has 0 aromatic carbocycles. The molecule has 7 heteroatoms. The number of nitrogens with one attached hydrogen (secondary N) is 1. The SMILES string of the molecule is CC1(C)NC(=O)CN1C(=O)CN1CC(O)CC1=O. The molecule has 2 rings (SSSR count). The molecule has 0 aliphatic carbocycles. The van der Waals surface area contributed by atoms with Gasteiger partial charge in [0.1, 0.15) is 12.2 Å². The summed E-state index contributed by atoms with van der Waals surface area (Å²) in [5, 5.41) is 12.0. The molecule has 100 valence electrons. The quantitative estimate of drug-likeness (QED) is 0.614. The Bertz CT molecular complexity index is 407. The van der Waals surface area contributed by atoms with Crippen LogP contribution in [0.5, 0.6) is 0 Å². The number of hydrogen-bond acceptors (Lipinski definition) is 4. The summed E-state index contributed by atoms with van der Waals surface area (Å²) < 4.78 is 0. The van der Waals surface area contributed by atoms with Crippen LogP contribution in [0.2, 0.25) is 0 Å². The predicted octanol–water partition coefficient (Wildman–Crippen LogP) is -1.73. The average Bonchev–Trinajstić information content (AvgIpc) is 2.66. The van der Waals surface area contributed by atoms with E-state index in [-0.39, 0.29) is 43.8 Å². The highest BCUT2D eigenvalue weighted by atomic mass is 16.3. The van der Waals surface area contributed by atoms with Gasteiger partial charge in [-0.2, -0.15) is 0 Å². The molecule has 3 amide bonds. The lowest BCUT2D eigenvalue weighted by Crippen LogP contribution is -2.52. The molecular weight excluding hydrogens is 238 g/mol. The van der Waals surface area contributed by atoms with Crippen LogP contribution in [0.3, 0.4) is 0 Å². The number of likely N-dealkylation sites (tertiary alicyclic amines) is 1. The van der Waals surface area contributed by atoms with E-state index in [1.807, 2.05) is 0 Å². The van der Waals surface area contributed by atoms with Gasteiger partial charge in [0.2, 0.25) is 17.7 Å². The highest BCUT2D eigenvalue weighted by Gasteiger charge is 2.41. The third kappa shape index (κ3) is 2.31. The molecule has 0 aromatic rings. The number of nitrogens with zero attached hydrogens (tertiary/aromatic N) is 2. The van der Waals surface area contributed by atoms with Crippen LogP contribution in [0.15, 0.2) is 0 Å². The normalized spacial score (nSPS) is 26.7. The van der Waals surface area contributed by atoms with Gasteiger partial charge >= 0.3 is 0 Å². The van der Waals surface area contributed by atoms with E-state index in [1.54, 1.807) is 13.8 Å². The van der Waals surface area contributed by atoms with Gasteiger partial charge in [0.05, 0.1) is 19.1 Å². The summed E-state index contributed by atoms with van der Waals surface area (Å²) in [6, 6.07) is 0. The van der Waals surface area contributed by atoms with Gasteiger partial charge < -0.3 is 20.2 Å². The second kappa shape index (κ2) is 4.24. The highest BCUT2D eigenvalue weighted by Crippen LogP contribution is 2.18. The zero-order valence-corrected chi connectivity index (χ0v) is 10.5. The molecule has 0 saturated carbocycles. The highest BCUT2D eigenvalue weighted by molar-refractivity contribution is 5.92. The van der Waals surface area contributed by atoms with Crippen LogP contribution in [-0.4, -0.2) is 64.0 Å². The fourth-order valence-electron chi connectivity index (χ4n) is 2.34. The molecule has 2 aliphatic heterocycles. The number of rotatable bonds is 2. The Balaban J connectivity index is 2.00. The number of hydrogen-bond donors (Lipinski definition) is 2. The number of aliphatic hydroxyl groups is 1. The van der Waals surface area contributed by atoms with Crippen molar-refractivity contribution in [3.63, 3.8) is 0 Å². The molecule has 2 fully saturated rings. The van der Waals surface area contributed by atoms with Crippen LogP contribution in [0.4, 0.5) is 0 Å². The number of carbonyl (C=O) groups is 3. The van der Waals surface area contributed by atoms with Crippen LogP contribution in [-0.2, 0) is 14.4 Å². The summed E-state index contributed by atoms with van der Waals surface area (Å²) in [7, 11) is 0. The molecule has 0 spiro atoms. The molecule has 7 nitrogen and oxygen atoms in total. The standard InChI is InChI=1S/C11H17N3O4/c1-11(2)12-8(16)5-14(11)10(18)6-13-4-7(15)3-9(13)17/h7,15H,3-6H2,1-2H3,(H,12,16). The van der Waals surface area contributed by atoms with Gasteiger partial charge in [0.15, 0.2) is 0 Å². The van der Waals surface area contributed by atoms with Crippen LogP contribution in [0.1, 0.15) is 20.3 Å². The maximum Gasteiger partial charge on any atom is 0.244 e. The van der Waals surface area contributed by atoms with Crippen LogP contribution in [0.25, 0.3) is 0 Å². The summed E-state index contributed by atoms with van der Waals surface area (Å²) in [4.78, 5) is 37.6. The predicted molar refractivity (Wildman–Crippen MR) is 61.1 cm³/mol. The Morgan fingerprint density at radius 2 is 2.17 bits per heavy atom. The maximum absolute atomic E-state index is 12.1. The largest absolute Gasteiger partial charge is 0.391 e. The smallest absolute Gasteiger partial charge is 0.244 e. The van der Waals surface area contributed by atoms with Gasteiger partial charge in [-0.1, -0.05) is 0 Å². The summed E-state index contributed by atoms with van der Waals surface area (Å²) in [5.41, 5.74) is -0.727. The molecule has 0 bridgehead atoms. The molecule has 2 heterocycles. The van der Waals surface area contributed by atoms with Gasteiger partial charge in [-0.25, -0.2) is 0 Å². The Morgan fingerprint density at radius 1 is 1.50 bits per heavy atom. The first-order valence-electron chi connectivity index (χ1n) is 5.87. The first-order valence-corrected chi connectivity index (χ1v) is 5.87. The van der Waals surface area contributed by atoms with Gasteiger partial charge in [-0.05, 0) is 13.8 Å². The van der Waals surface area contributed by atoms with Crippen molar-refractivity contribution in [3.8, 4) is 0 Å². The second-order valence-electron chi connectivity index (χ2n) is 5.22. The molecule has 1 unspecified atom stereocenters. The van der Waals surface area contributed by atoms with E-state index in [0.29, 0.717) is 0 Å². The number of β-amino-alcohol motifs (C(OH)–C–C–N with tert-alkyl or cyclic N) is 1. The van der Waals surface area contributed by atoms with Crippen LogP contribution >= 0.6 is 0 Å². The van der Waals surface area contributed by atoms with E-state index in [0.717, 1.165) is 0 Å². The summed E-state index contributed by atoms with van der Waals surface area (Å²) >= 11 is 0. The topological polar surface area (TPSA) is 90.0 Å². The van der Waals surface area contributed by atoms with Gasteiger partial charge in [0, 0.05) is 6.54 Å². The maximum atomic E-state index is 12.1. The van der Waals surface area contributed by atoms with Crippen molar-refractivity contribution in [1.29, 1.82) is 0 Å². The van der Waals surface area contributed by atoms with Crippen LogP contribution < -0.4 is 5.32 Å². The van der Waals surface area contributed by atoms with E-state index in [4.69, 9.17) is 0 Å². The Hall–Kier alpha value is -1.63. The van der Waals surface area contributed by atoms with Gasteiger partial charge in [-0.3, -0.25) is 14.4 Å². The fourth-order valence-corrected chi connectivity index (χ4v) is 2.34. The Morgan fingerprint density at radius 3 is 2.61 bits per heavy atom. The fraction of sp³-hybridized carbons (Fsp3) is 0.727. The van der Waals surface area contributed by atoms with Crippen molar-refractivity contribution in [2.45, 2.75) is 32.0 Å². The summed E-state index contributed by atoms with van der Waals surface area (Å²) in [6.45, 7) is 3.57. The number of carbonyl (C=O) groups excluding carboxylic acids is 3. The lowest BCUT2D eigenvalue weighted by atomic mass is 10.2. The third-order valence-electron chi connectivity index (χ3n) is 3.24. The number of aliphatic hydroxyl groups excluding tert-OH is 1. The first kappa shape index (κ1) is 12.8. The zero-order valence-electron chi connectivity index (χ0n) is 10.5. The van der Waals surface area contributed by atoms with Gasteiger partial charge in [0.25, 0.3) is 0 Å². The molecule has 18 heavy (non-hydrogen) atoms. The molecule has 0 aromatic heterocycles. The molecular formula is C11H17N3O4. The van der Waals surface area contributed by atoms with Crippen molar-refractivity contribution >= 4 is 17.7 Å². The lowest BCUT2D eigenvalue weighted by Gasteiger charge is -2.31. The van der Waals surface area contributed by atoms with E-state index < -0.39 is 11.8 Å². The molecule has 0 radical (unpaired) electrons. The minimum atomic E-state index is -0.727. The monoisotopic (exact) mass is 255 g/mol. The summed E-state index contributed by atoms with van der Waals surface area (Å²) in [6.07, 6.45) is -0.634. The van der Waals surface area contributed by atoms with E-state index >= 15 is 0 Å². The summed E-state index contributed by atoms with van der Waals surface area (Å²) in [5.74, 6) is -0.728.